The third kappa shape index (κ3) is 3.40. The van der Waals surface area contributed by atoms with E-state index in [2.05, 4.69) is 22.6 Å². The maximum Gasteiger partial charge on any atom is 0.257 e. The third-order valence-electron chi connectivity index (χ3n) is 5.69. The van der Waals surface area contributed by atoms with Gasteiger partial charge < -0.3 is 4.90 Å². The molecule has 1 heterocycles. The molecule has 1 aromatic rings. The van der Waals surface area contributed by atoms with Gasteiger partial charge in [0, 0.05) is 15.5 Å². The Labute approximate surface area is 167 Å². The maximum absolute atomic E-state index is 13.1. The summed E-state index contributed by atoms with van der Waals surface area (Å²) in [6, 6.07) is 6.88. The monoisotopic (exact) mass is 466 g/mol. The highest BCUT2D eigenvalue weighted by Gasteiger charge is 2.49. The van der Waals surface area contributed by atoms with Crippen LogP contribution in [0.5, 0.6) is 0 Å². The predicted octanol–water partition coefficient (Wildman–Crippen LogP) is 3.49. The van der Waals surface area contributed by atoms with Gasteiger partial charge in [-0.1, -0.05) is 19.3 Å². The number of anilines is 1. The third-order valence-corrected chi connectivity index (χ3v) is 6.41. The van der Waals surface area contributed by atoms with E-state index in [-0.39, 0.29) is 36.1 Å². The topological polar surface area (TPSA) is 57.7 Å². The number of benzene rings is 1. The Kier molecular flexibility index (Phi) is 5.03. The summed E-state index contributed by atoms with van der Waals surface area (Å²) < 4.78 is 1.05. The average molecular weight is 466 g/mol. The van der Waals surface area contributed by atoms with Crippen LogP contribution in [0.2, 0.25) is 0 Å². The second-order valence-electron chi connectivity index (χ2n) is 7.58. The molecule has 1 atom stereocenters. The Hall–Kier alpha value is -1.44. The first kappa shape index (κ1) is 17.9. The predicted molar refractivity (Wildman–Crippen MR) is 107 cm³/mol. The van der Waals surface area contributed by atoms with Gasteiger partial charge in [0.25, 0.3) is 5.91 Å². The fourth-order valence-electron chi connectivity index (χ4n) is 4.20. The van der Waals surface area contributed by atoms with Crippen molar-refractivity contribution in [1.82, 2.24) is 4.90 Å². The van der Waals surface area contributed by atoms with Gasteiger partial charge in [-0.15, -0.1) is 0 Å². The van der Waals surface area contributed by atoms with E-state index in [1.54, 1.807) is 17.0 Å². The van der Waals surface area contributed by atoms with Crippen LogP contribution in [0.1, 0.15) is 51.4 Å². The molecule has 2 saturated carbocycles. The lowest BCUT2D eigenvalue weighted by atomic mass is 9.88. The number of carbonyl (C=O) groups excluding carboxylic acids is 3. The molecule has 0 aromatic heterocycles. The van der Waals surface area contributed by atoms with Gasteiger partial charge in [0.05, 0.1) is 12.1 Å². The van der Waals surface area contributed by atoms with Crippen LogP contribution in [0.4, 0.5) is 5.69 Å². The molecule has 1 unspecified atom stereocenters. The largest absolute Gasteiger partial charge is 0.327 e. The van der Waals surface area contributed by atoms with Crippen molar-refractivity contribution in [2.75, 3.05) is 4.90 Å². The summed E-state index contributed by atoms with van der Waals surface area (Å²) in [7, 11) is 0. The summed E-state index contributed by atoms with van der Waals surface area (Å²) in [4.78, 5) is 41.9. The summed E-state index contributed by atoms with van der Waals surface area (Å²) in [5.74, 6) is -0.321. The van der Waals surface area contributed by atoms with E-state index in [9.17, 15) is 14.4 Å². The summed E-state index contributed by atoms with van der Waals surface area (Å²) in [6.07, 6.45) is 7.19. The zero-order chi connectivity index (χ0) is 18.3. The average Bonchev–Trinajstić information content (AvgIpc) is 3.44. The van der Waals surface area contributed by atoms with Crippen LogP contribution in [-0.4, -0.2) is 34.7 Å². The molecular weight excluding hydrogens is 443 g/mol. The van der Waals surface area contributed by atoms with Gasteiger partial charge in [-0.25, -0.2) is 4.90 Å². The van der Waals surface area contributed by atoms with E-state index in [1.165, 1.54) is 11.3 Å². The molecular formula is C20H23IN2O3. The lowest BCUT2D eigenvalue weighted by Crippen LogP contribution is -2.49. The zero-order valence-electron chi connectivity index (χ0n) is 14.7. The molecule has 5 nitrogen and oxygen atoms in total. The summed E-state index contributed by atoms with van der Waals surface area (Å²) in [5.41, 5.74) is 0.601. The molecule has 26 heavy (non-hydrogen) atoms. The highest BCUT2D eigenvalue weighted by Crippen LogP contribution is 2.37. The molecule has 0 radical (unpaired) electrons. The number of amides is 3. The Morgan fingerprint density at radius 2 is 1.65 bits per heavy atom. The van der Waals surface area contributed by atoms with Crippen LogP contribution in [0.25, 0.3) is 0 Å². The number of hydrogen-bond donors (Lipinski definition) is 0. The van der Waals surface area contributed by atoms with Crippen molar-refractivity contribution in [3.05, 3.63) is 27.8 Å². The normalized spacial score (nSPS) is 24.2. The van der Waals surface area contributed by atoms with Crippen LogP contribution in [0.15, 0.2) is 24.3 Å². The Morgan fingerprint density at radius 3 is 2.27 bits per heavy atom. The minimum atomic E-state index is -0.622. The Balaban J connectivity index is 1.57. The number of nitrogens with zero attached hydrogens (tertiary/aromatic N) is 2. The molecule has 4 rings (SSSR count). The van der Waals surface area contributed by atoms with Gasteiger partial charge >= 0.3 is 0 Å². The second kappa shape index (κ2) is 7.29. The fourth-order valence-corrected chi connectivity index (χ4v) is 4.56. The number of imide groups is 1. The smallest absolute Gasteiger partial charge is 0.257 e. The van der Waals surface area contributed by atoms with Crippen molar-refractivity contribution in [1.29, 1.82) is 0 Å². The van der Waals surface area contributed by atoms with Crippen molar-refractivity contribution in [2.45, 2.75) is 63.5 Å². The number of rotatable bonds is 4. The van der Waals surface area contributed by atoms with Gasteiger partial charge in [0.2, 0.25) is 11.8 Å². The Bertz CT molecular complexity index is 723. The van der Waals surface area contributed by atoms with E-state index in [1.807, 2.05) is 12.1 Å². The van der Waals surface area contributed by atoms with Gasteiger partial charge in [-0.2, -0.15) is 0 Å². The fraction of sp³-hybridized carbons (Fsp3) is 0.550. The van der Waals surface area contributed by atoms with E-state index >= 15 is 0 Å². The number of halogens is 1. The first-order chi connectivity index (χ1) is 12.6. The van der Waals surface area contributed by atoms with Gasteiger partial charge in [-0.3, -0.25) is 14.4 Å². The van der Waals surface area contributed by atoms with Crippen LogP contribution in [0, 0.1) is 9.49 Å². The molecule has 0 N–H and O–H groups in total. The van der Waals surface area contributed by atoms with E-state index in [4.69, 9.17) is 0 Å². The first-order valence-electron chi connectivity index (χ1n) is 9.51. The highest BCUT2D eigenvalue weighted by molar-refractivity contribution is 14.1. The molecule has 1 aromatic carbocycles. The molecule has 3 aliphatic rings. The molecule has 1 saturated heterocycles. The molecule has 0 bridgehead atoms. The standard InChI is InChI=1S/C20H23IN2O3/c21-14-6-8-16(9-7-14)23-18(24)12-17(20(23)26)22(15-10-11-15)19(25)13-4-2-1-3-5-13/h6-9,13,15,17H,1-5,10-12H2. The van der Waals surface area contributed by atoms with Crippen molar-refractivity contribution < 1.29 is 14.4 Å². The summed E-state index contributed by atoms with van der Waals surface area (Å²) in [5, 5.41) is 0. The lowest BCUT2D eigenvalue weighted by Gasteiger charge is -2.32. The van der Waals surface area contributed by atoms with Crippen LogP contribution >= 0.6 is 22.6 Å². The highest BCUT2D eigenvalue weighted by atomic mass is 127. The van der Waals surface area contributed by atoms with Crippen LogP contribution in [0.3, 0.4) is 0 Å². The van der Waals surface area contributed by atoms with Gasteiger partial charge in [0.15, 0.2) is 0 Å². The molecule has 6 heteroatoms. The van der Waals surface area contributed by atoms with E-state index in [0.29, 0.717) is 5.69 Å². The van der Waals surface area contributed by atoms with E-state index < -0.39 is 6.04 Å². The van der Waals surface area contributed by atoms with Crippen LogP contribution < -0.4 is 4.90 Å². The van der Waals surface area contributed by atoms with Crippen molar-refractivity contribution >= 4 is 46.0 Å². The zero-order valence-corrected chi connectivity index (χ0v) is 16.9. The van der Waals surface area contributed by atoms with Crippen molar-refractivity contribution in [3.8, 4) is 0 Å². The quantitative estimate of drug-likeness (QED) is 0.505. The maximum atomic E-state index is 13.1. The number of carbonyl (C=O) groups is 3. The SMILES string of the molecule is O=C1CC(N(C(=O)C2CCCCC2)C2CC2)C(=O)N1c1ccc(I)cc1. The molecule has 1 aliphatic heterocycles. The van der Waals surface area contributed by atoms with Crippen molar-refractivity contribution in [2.24, 2.45) is 5.92 Å². The molecule has 3 fully saturated rings. The second-order valence-corrected chi connectivity index (χ2v) is 8.82. The van der Waals surface area contributed by atoms with Gasteiger partial charge in [0.1, 0.15) is 6.04 Å². The summed E-state index contributed by atoms with van der Waals surface area (Å²) in [6.45, 7) is 0. The molecule has 0 spiro atoms. The minimum Gasteiger partial charge on any atom is -0.327 e. The number of hydrogen-bond acceptors (Lipinski definition) is 3. The van der Waals surface area contributed by atoms with Gasteiger partial charge in [-0.05, 0) is 72.5 Å². The van der Waals surface area contributed by atoms with E-state index in [0.717, 1.165) is 42.1 Å². The van der Waals surface area contributed by atoms with Crippen molar-refractivity contribution in [3.63, 3.8) is 0 Å². The molecule has 138 valence electrons. The first-order valence-corrected chi connectivity index (χ1v) is 10.6. The van der Waals surface area contributed by atoms with Crippen LogP contribution in [-0.2, 0) is 14.4 Å². The lowest BCUT2D eigenvalue weighted by molar-refractivity contribution is -0.143. The summed E-state index contributed by atoms with van der Waals surface area (Å²) >= 11 is 2.19. The minimum absolute atomic E-state index is 0.0274. The Morgan fingerprint density at radius 1 is 1.00 bits per heavy atom. The molecule has 3 amide bonds. The molecule has 2 aliphatic carbocycles.